The van der Waals surface area contributed by atoms with E-state index >= 15 is 0 Å². The lowest BCUT2D eigenvalue weighted by atomic mass is 9.94. The van der Waals surface area contributed by atoms with E-state index in [1.807, 2.05) is 17.0 Å². The second-order valence-electron chi connectivity index (χ2n) is 6.89. The molecule has 1 heterocycles. The van der Waals surface area contributed by atoms with Gasteiger partial charge in [0.05, 0.1) is 6.04 Å². The van der Waals surface area contributed by atoms with Gasteiger partial charge in [0, 0.05) is 29.4 Å². The number of piperidine rings is 1. The molecule has 0 radical (unpaired) electrons. The fourth-order valence-corrected chi connectivity index (χ4v) is 3.62. The van der Waals surface area contributed by atoms with Gasteiger partial charge in [-0.15, -0.1) is 0 Å². The molecule has 1 aliphatic carbocycles. The molecule has 1 atom stereocenters. The molecule has 1 aromatic rings. The average molecular weight is 393 g/mol. The quantitative estimate of drug-likeness (QED) is 0.830. The van der Waals surface area contributed by atoms with Gasteiger partial charge in [-0.05, 0) is 49.8 Å². The third kappa shape index (κ3) is 4.18. The van der Waals surface area contributed by atoms with Gasteiger partial charge in [-0.3, -0.25) is 9.59 Å². The number of hydrogen-bond donors (Lipinski definition) is 1. The third-order valence-electron chi connectivity index (χ3n) is 5.10. The van der Waals surface area contributed by atoms with Crippen LogP contribution in [-0.4, -0.2) is 29.8 Å². The summed E-state index contributed by atoms with van der Waals surface area (Å²) in [5, 5.41) is 3.19. The lowest BCUT2D eigenvalue weighted by Crippen LogP contribution is -2.44. The number of likely N-dealkylation sites (tertiary alicyclic amines) is 1. The second-order valence-corrected chi connectivity index (χ2v) is 7.81. The number of benzene rings is 1. The summed E-state index contributed by atoms with van der Waals surface area (Å²) >= 11 is 3.44. The highest BCUT2D eigenvalue weighted by atomic mass is 79.9. The summed E-state index contributed by atoms with van der Waals surface area (Å²) < 4.78 is 1.04. The van der Waals surface area contributed by atoms with Gasteiger partial charge in [-0.1, -0.05) is 35.0 Å². The summed E-state index contributed by atoms with van der Waals surface area (Å²) in [7, 11) is 0. The zero-order chi connectivity index (χ0) is 17.1. The van der Waals surface area contributed by atoms with Crippen LogP contribution >= 0.6 is 15.9 Å². The van der Waals surface area contributed by atoms with Crippen LogP contribution in [0.2, 0.25) is 0 Å². The Morgan fingerprint density at radius 3 is 2.29 bits per heavy atom. The molecular formula is C19H25BrN2O2. The molecule has 0 bridgehead atoms. The molecule has 1 aliphatic heterocycles. The Labute approximate surface area is 152 Å². The fraction of sp³-hybridized carbons (Fsp3) is 0.579. The summed E-state index contributed by atoms with van der Waals surface area (Å²) in [5.41, 5.74) is 1.13. The SMILES string of the molecule is CCC(NC(=O)C1CCN(C(=O)C2CC2)CC1)c1ccc(Br)cc1. The van der Waals surface area contributed by atoms with Crippen molar-refractivity contribution < 1.29 is 9.59 Å². The maximum Gasteiger partial charge on any atom is 0.225 e. The third-order valence-corrected chi connectivity index (χ3v) is 5.63. The highest BCUT2D eigenvalue weighted by Gasteiger charge is 2.36. The van der Waals surface area contributed by atoms with Crippen molar-refractivity contribution in [3.05, 3.63) is 34.3 Å². The lowest BCUT2D eigenvalue weighted by molar-refractivity contribution is -0.136. The summed E-state index contributed by atoms with van der Waals surface area (Å²) in [5.74, 6) is 0.730. The number of halogens is 1. The van der Waals surface area contributed by atoms with Crippen molar-refractivity contribution in [3.63, 3.8) is 0 Å². The maximum atomic E-state index is 12.6. The first-order valence-corrected chi connectivity index (χ1v) is 9.72. The molecule has 2 aliphatic rings. The number of nitrogens with zero attached hydrogens (tertiary/aromatic N) is 1. The maximum absolute atomic E-state index is 12.6. The minimum Gasteiger partial charge on any atom is -0.349 e. The first-order valence-electron chi connectivity index (χ1n) is 8.93. The summed E-state index contributed by atoms with van der Waals surface area (Å²) in [6, 6.07) is 8.17. The van der Waals surface area contributed by atoms with Crippen LogP contribution in [0.15, 0.2) is 28.7 Å². The van der Waals surface area contributed by atoms with E-state index in [1.54, 1.807) is 0 Å². The topological polar surface area (TPSA) is 49.4 Å². The van der Waals surface area contributed by atoms with Crippen LogP contribution in [0.3, 0.4) is 0 Å². The standard InChI is InChI=1S/C19H25BrN2O2/c1-2-17(13-5-7-16(20)8-6-13)21-18(23)14-9-11-22(12-10-14)19(24)15-3-4-15/h5-8,14-15,17H,2-4,9-12H2,1H3,(H,21,23). The van der Waals surface area contributed by atoms with Crippen LogP contribution in [-0.2, 0) is 9.59 Å². The molecule has 0 aromatic heterocycles. The predicted molar refractivity (Wildman–Crippen MR) is 97.3 cm³/mol. The van der Waals surface area contributed by atoms with E-state index in [2.05, 4.69) is 40.3 Å². The Kier molecular flexibility index (Phi) is 5.59. The molecule has 5 heteroatoms. The van der Waals surface area contributed by atoms with Gasteiger partial charge in [0.15, 0.2) is 0 Å². The number of carbonyl (C=O) groups is 2. The zero-order valence-corrected chi connectivity index (χ0v) is 15.7. The van der Waals surface area contributed by atoms with Gasteiger partial charge in [-0.25, -0.2) is 0 Å². The smallest absolute Gasteiger partial charge is 0.225 e. The molecule has 2 fully saturated rings. The van der Waals surface area contributed by atoms with E-state index < -0.39 is 0 Å². The van der Waals surface area contributed by atoms with Crippen molar-refractivity contribution in [1.29, 1.82) is 0 Å². The van der Waals surface area contributed by atoms with Gasteiger partial charge >= 0.3 is 0 Å². The Balaban J connectivity index is 1.52. The van der Waals surface area contributed by atoms with Crippen LogP contribution < -0.4 is 5.32 Å². The Morgan fingerprint density at radius 2 is 1.75 bits per heavy atom. The van der Waals surface area contributed by atoms with Gasteiger partial charge in [0.25, 0.3) is 0 Å². The van der Waals surface area contributed by atoms with Crippen molar-refractivity contribution in [2.24, 2.45) is 11.8 Å². The van der Waals surface area contributed by atoms with Crippen molar-refractivity contribution in [2.75, 3.05) is 13.1 Å². The minimum absolute atomic E-state index is 0.0257. The van der Waals surface area contributed by atoms with Gasteiger partial charge in [0.2, 0.25) is 11.8 Å². The van der Waals surface area contributed by atoms with E-state index in [0.29, 0.717) is 5.91 Å². The summed E-state index contributed by atoms with van der Waals surface area (Å²) in [4.78, 5) is 26.7. The highest BCUT2D eigenvalue weighted by Crippen LogP contribution is 2.32. The molecule has 1 saturated heterocycles. The molecule has 1 aromatic carbocycles. The van der Waals surface area contributed by atoms with Crippen LogP contribution in [0, 0.1) is 11.8 Å². The highest BCUT2D eigenvalue weighted by molar-refractivity contribution is 9.10. The van der Waals surface area contributed by atoms with E-state index in [9.17, 15) is 9.59 Å². The number of hydrogen-bond acceptors (Lipinski definition) is 2. The minimum atomic E-state index is 0.0257. The molecule has 1 unspecified atom stereocenters. The molecule has 130 valence electrons. The zero-order valence-electron chi connectivity index (χ0n) is 14.1. The van der Waals surface area contributed by atoms with Crippen LogP contribution in [0.1, 0.15) is 50.6 Å². The number of amides is 2. The molecule has 3 rings (SSSR count). The predicted octanol–water partition coefficient (Wildman–Crippen LogP) is 3.67. The molecule has 1 N–H and O–H groups in total. The van der Waals surface area contributed by atoms with E-state index in [4.69, 9.17) is 0 Å². The van der Waals surface area contributed by atoms with Crippen LogP contribution in [0.25, 0.3) is 0 Å². The van der Waals surface area contributed by atoms with Gasteiger partial charge < -0.3 is 10.2 Å². The van der Waals surface area contributed by atoms with Crippen LogP contribution in [0.4, 0.5) is 0 Å². The van der Waals surface area contributed by atoms with E-state index in [1.165, 1.54) is 0 Å². The second kappa shape index (κ2) is 7.68. The van der Waals surface area contributed by atoms with E-state index in [0.717, 1.165) is 55.2 Å². The van der Waals surface area contributed by atoms with Crippen molar-refractivity contribution in [1.82, 2.24) is 10.2 Å². The summed E-state index contributed by atoms with van der Waals surface area (Å²) in [6.45, 7) is 3.54. The monoisotopic (exact) mass is 392 g/mol. The Hall–Kier alpha value is -1.36. The lowest BCUT2D eigenvalue weighted by Gasteiger charge is -2.32. The number of carbonyl (C=O) groups excluding carboxylic acids is 2. The average Bonchev–Trinajstić information content (AvgIpc) is 3.45. The Morgan fingerprint density at radius 1 is 1.12 bits per heavy atom. The summed E-state index contributed by atoms with van der Waals surface area (Å²) in [6.07, 6.45) is 4.52. The largest absolute Gasteiger partial charge is 0.349 e. The van der Waals surface area contributed by atoms with Gasteiger partial charge in [0.1, 0.15) is 0 Å². The van der Waals surface area contributed by atoms with Crippen molar-refractivity contribution in [2.45, 2.75) is 45.1 Å². The normalized spacial score (nSPS) is 19.8. The molecular weight excluding hydrogens is 368 g/mol. The van der Waals surface area contributed by atoms with Crippen molar-refractivity contribution >= 4 is 27.7 Å². The van der Waals surface area contributed by atoms with Gasteiger partial charge in [-0.2, -0.15) is 0 Å². The first kappa shape index (κ1) is 17.5. The fourth-order valence-electron chi connectivity index (χ4n) is 3.36. The molecule has 0 spiro atoms. The molecule has 4 nitrogen and oxygen atoms in total. The van der Waals surface area contributed by atoms with Crippen molar-refractivity contribution in [3.8, 4) is 0 Å². The molecule has 2 amide bonds. The number of rotatable bonds is 5. The number of nitrogens with one attached hydrogen (secondary N) is 1. The molecule has 24 heavy (non-hydrogen) atoms. The molecule has 1 saturated carbocycles. The van der Waals surface area contributed by atoms with E-state index in [-0.39, 0.29) is 23.8 Å². The Bertz CT molecular complexity index is 590. The van der Waals surface area contributed by atoms with Crippen LogP contribution in [0.5, 0.6) is 0 Å². The first-order chi connectivity index (χ1) is 11.6.